The predicted molar refractivity (Wildman–Crippen MR) is 80.8 cm³/mol. The Bertz CT molecular complexity index is 488. The molecular formula is C17H25NO2. The molecular weight excluding hydrogens is 250 g/mol. The molecule has 110 valence electrons. The van der Waals surface area contributed by atoms with Gasteiger partial charge in [0.25, 0.3) is 5.91 Å². The van der Waals surface area contributed by atoms with Crippen LogP contribution in [0, 0.1) is 19.8 Å². The zero-order chi connectivity index (χ0) is 14.8. The summed E-state index contributed by atoms with van der Waals surface area (Å²) in [6, 6.07) is 5.77. The second-order valence-electron chi connectivity index (χ2n) is 6.32. The van der Waals surface area contributed by atoms with Gasteiger partial charge in [-0.1, -0.05) is 19.1 Å². The summed E-state index contributed by atoms with van der Waals surface area (Å²) >= 11 is 0. The van der Waals surface area contributed by atoms with Crippen molar-refractivity contribution in [1.82, 2.24) is 5.32 Å². The Labute approximate surface area is 121 Å². The zero-order valence-electron chi connectivity index (χ0n) is 12.7. The van der Waals surface area contributed by atoms with Gasteiger partial charge in [0.1, 0.15) is 0 Å². The third kappa shape index (κ3) is 3.04. The van der Waals surface area contributed by atoms with Gasteiger partial charge in [0, 0.05) is 5.56 Å². The number of carbonyl (C=O) groups is 1. The molecule has 1 amide bonds. The average Bonchev–Trinajstić information content (AvgIpc) is 2.44. The Morgan fingerprint density at radius 3 is 2.60 bits per heavy atom. The fourth-order valence-corrected chi connectivity index (χ4v) is 2.94. The highest BCUT2D eigenvalue weighted by atomic mass is 16.3. The highest BCUT2D eigenvalue weighted by molar-refractivity contribution is 5.96. The summed E-state index contributed by atoms with van der Waals surface area (Å²) in [6.45, 7) is 6.24. The lowest BCUT2D eigenvalue weighted by Gasteiger charge is -2.38. The molecule has 1 aromatic carbocycles. The van der Waals surface area contributed by atoms with E-state index in [0.29, 0.717) is 5.92 Å². The minimum atomic E-state index is -0.431. The average molecular weight is 275 g/mol. The molecule has 0 spiro atoms. The molecule has 2 N–H and O–H groups in total. The molecule has 0 aliphatic heterocycles. The number of benzene rings is 1. The molecule has 0 bridgehead atoms. The topological polar surface area (TPSA) is 49.3 Å². The van der Waals surface area contributed by atoms with Crippen LogP contribution in [-0.2, 0) is 0 Å². The minimum absolute atomic E-state index is 0.0241. The van der Waals surface area contributed by atoms with Gasteiger partial charge in [-0.25, -0.2) is 0 Å². The molecule has 0 saturated heterocycles. The van der Waals surface area contributed by atoms with E-state index >= 15 is 0 Å². The minimum Gasteiger partial charge on any atom is -0.394 e. The number of hydrogen-bond acceptors (Lipinski definition) is 2. The number of hydrogen-bond donors (Lipinski definition) is 2. The summed E-state index contributed by atoms with van der Waals surface area (Å²) in [6.07, 6.45) is 3.85. The van der Waals surface area contributed by atoms with Crippen molar-refractivity contribution in [2.24, 2.45) is 5.92 Å². The number of amides is 1. The molecule has 0 unspecified atom stereocenters. The van der Waals surface area contributed by atoms with Crippen LogP contribution < -0.4 is 5.32 Å². The predicted octanol–water partition coefficient (Wildman–Crippen LogP) is 2.97. The molecule has 3 heteroatoms. The van der Waals surface area contributed by atoms with Crippen LogP contribution in [0.1, 0.15) is 54.1 Å². The Kier molecular flexibility index (Phi) is 4.48. The number of aliphatic hydroxyl groups excluding tert-OH is 1. The van der Waals surface area contributed by atoms with Crippen molar-refractivity contribution < 1.29 is 9.90 Å². The first-order valence-corrected chi connectivity index (χ1v) is 7.47. The van der Waals surface area contributed by atoms with E-state index in [-0.39, 0.29) is 12.5 Å². The van der Waals surface area contributed by atoms with Crippen LogP contribution in [0.25, 0.3) is 0 Å². The van der Waals surface area contributed by atoms with E-state index in [2.05, 4.69) is 12.2 Å². The molecule has 3 nitrogen and oxygen atoms in total. The van der Waals surface area contributed by atoms with Gasteiger partial charge >= 0.3 is 0 Å². The van der Waals surface area contributed by atoms with Crippen LogP contribution in [0.3, 0.4) is 0 Å². The molecule has 0 atom stereocenters. The van der Waals surface area contributed by atoms with Gasteiger partial charge in [0.2, 0.25) is 0 Å². The first-order valence-electron chi connectivity index (χ1n) is 7.47. The molecule has 0 aromatic heterocycles. The van der Waals surface area contributed by atoms with E-state index < -0.39 is 5.54 Å². The summed E-state index contributed by atoms with van der Waals surface area (Å²) < 4.78 is 0. The maximum Gasteiger partial charge on any atom is 0.252 e. The summed E-state index contributed by atoms with van der Waals surface area (Å²) in [5.41, 5.74) is 2.42. The number of nitrogens with one attached hydrogen (secondary N) is 1. The van der Waals surface area contributed by atoms with Gasteiger partial charge in [0.15, 0.2) is 0 Å². The maximum absolute atomic E-state index is 12.5. The van der Waals surface area contributed by atoms with Crippen LogP contribution in [0.2, 0.25) is 0 Å². The number of aliphatic hydroxyl groups is 1. The highest BCUT2D eigenvalue weighted by Crippen LogP contribution is 2.32. The summed E-state index contributed by atoms with van der Waals surface area (Å²) in [7, 11) is 0. The second kappa shape index (κ2) is 5.96. The van der Waals surface area contributed by atoms with Crippen LogP contribution >= 0.6 is 0 Å². The molecule has 1 saturated carbocycles. The quantitative estimate of drug-likeness (QED) is 0.891. The van der Waals surface area contributed by atoms with Crippen LogP contribution in [0.5, 0.6) is 0 Å². The van der Waals surface area contributed by atoms with Gasteiger partial charge < -0.3 is 10.4 Å². The molecule has 1 aliphatic rings. The van der Waals surface area contributed by atoms with Crippen LogP contribution in [-0.4, -0.2) is 23.2 Å². The van der Waals surface area contributed by atoms with Gasteiger partial charge in [0.05, 0.1) is 12.1 Å². The highest BCUT2D eigenvalue weighted by Gasteiger charge is 2.35. The molecule has 1 fully saturated rings. The van der Waals surface area contributed by atoms with Crippen LogP contribution in [0.15, 0.2) is 18.2 Å². The Morgan fingerprint density at radius 2 is 2.00 bits per heavy atom. The third-order valence-electron chi connectivity index (χ3n) is 4.76. The van der Waals surface area contributed by atoms with Crippen molar-refractivity contribution in [3.05, 3.63) is 34.9 Å². The SMILES string of the molecule is Cc1cccc(C(=O)NC2(CO)CCC(C)CC2)c1C. The Balaban J connectivity index is 2.15. The van der Waals surface area contributed by atoms with E-state index in [1.54, 1.807) is 0 Å². The molecule has 1 aliphatic carbocycles. The van der Waals surface area contributed by atoms with E-state index in [1.807, 2.05) is 32.0 Å². The van der Waals surface area contributed by atoms with Gasteiger partial charge in [-0.3, -0.25) is 4.79 Å². The Hall–Kier alpha value is -1.35. The number of aryl methyl sites for hydroxylation is 1. The van der Waals surface area contributed by atoms with Gasteiger partial charge in [-0.15, -0.1) is 0 Å². The van der Waals surface area contributed by atoms with Crippen molar-refractivity contribution in [2.75, 3.05) is 6.61 Å². The normalized spacial score (nSPS) is 26.3. The monoisotopic (exact) mass is 275 g/mol. The fraction of sp³-hybridized carbons (Fsp3) is 0.588. The molecule has 2 rings (SSSR count). The Morgan fingerprint density at radius 1 is 1.35 bits per heavy atom. The van der Waals surface area contributed by atoms with E-state index in [4.69, 9.17) is 0 Å². The lowest BCUT2D eigenvalue weighted by atomic mass is 9.77. The second-order valence-corrected chi connectivity index (χ2v) is 6.32. The number of carbonyl (C=O) groups excluding carboxylic acids is 1. The smallest absolute Gasteiger partial charge is 0.252 e. The van der Waals surface area contributed by atoms with E-state index in [0.717, 1.165) is 42.4 Å². The molecule has 20 heavy (non-hydrogen) atoms. The zero-order valence-corrected chi connectivity index (χ0v) is 12.7. The van der Waals surface area contributed by atoms with Crippen molar-refractivity contribution in [1.29, 1.82) is 0 Å². The lowest BCUT2D eigenvalue weighted by Crippen LogP contribution is -2.53. The largest absolute Gasteiger partial charge is 0.394 e. The van der Waals surface area contributed by atoms with Crippen molar-refractivity contribution in [3.63, 3.8) is 0 Å². The fourth-order valence-electron chi connectivity index (χ4n) is 2.94. The van der Waals surface area contributed by atoms with Crippen molar-refractivity contribution in [2.45, 2.75) is 52.0 Å². The lowest BCUT2D eigenvalue weighted by molar-refractivity contribution is 0.0716. The van der Waals surface area contributed by atoms with Gasteiger partial charge in [-0.2, -0.15) is 0 Å². The molecule has 0 radical (unpaired) electrons. The first kappa shape index (κ1) is 15.0. The van der Waals surface area contributed by atoms with Gasteiger partial charge in [-0.05, 0) is 62.6 Å². The summed E-state index contributed by atoms with van der Waals surface area (Å²) in [5, 5.41) is 12.8. The summed E-state index contributed by atoms with van der Waals surface area (Å²) in [4.78, 5) is 12.5. The van der Waals surface area contributed by atoms with Crippen LogP contribution in [0.4, 0.5) is 0 Å². The van der Waals surface area contributed by atoms with E-state index in [9.17, 15) is 9.90 Å². The molecule has 1 aromatic rings. The van der Waals surface area contributed by atoms with E-state index in [1.165, 1.54) is 0 Å². The first-order chi connectivity index (χ1) is 9.47. The maximum atomic E-state index is 12.5. The molecule has 0 heterocycles. The third-order valence-corrected chi connectivity index (χ3v) is 4.76. The standard InChI is InChI=1S/C17H25NO2/c1-12-7-9-17(11-19,10-8-12)18-16(20)15-6-4-5-13(2)14(15)3/h4-6,12,19H,7-11H2,1-3H3,(H,18,20). The van der Waals surface area contributed by atoms with Crippen molar-refractivity contribution >= 4 is 5.91 Å². The number of rotatable bonds is 3. The summed E-state index contributed by atoms with van der Waals surface area (Å²) in [5.74, 6) is 0.627. The van der Waals surface area contributed by atoms with Crippen molar-refractivity contribution in [3.8, 4) is 0 Å².